The second-order valence-corrected chi connectivity index (χ2v) is 4.49. The van der Waals surface area contributed by atoms with Crippen molar-refractivity contribution in [3.05, 3.63) is 36.7 Å². The second kappa shape index (κ2) is 5.24. The lowest BCUT2D eigenvalue weighted by Crippen LogP contribution is -2.19. The molecule has 2 aromatic rings. The molecule has 3 rings (SSSR count). The van der Waals surface area contributed by atoms with Gasteiger partial charge in [-0.05, 0) is 25.1 Å². The minimum atomic E-state index is 0.177. The quantitative estimate of drug-likeness (QED) is 0.874. The monoisotopic (exact) mass is 257 g/mol. The number of rotatable bonds is 3. The molecule has 1 atom stereocenters. The third-order valence-electron chi connectivity index (χ3n) is 3.09. The van der Waals surface area contributed by atoms with Crippen molar-refractivity contribution < 1.29 is 9.84 Å². The van der Waals surface area contributed by atoms with Crippen LogP contribution in [0.1, 0.15) is 6.42 Å². The minimum Gasteiger partial charge on any atom is -0.507 e. The smallest absolute Gasteiger partial charge is 0.163 e. The van der Waals surface area contributed by atoms with E-state index in [9.17, 15) is 5.11 Å². The summed E-state index contributed by atoms with van der Waals surface area (Å²) in [6.07, 6.45) is 4.49. The second-order valence-electron chi connectivity index (χ2n) is 4.49. The van der Waals surface area contributed by atoms with Crippen molar-refractivity contribution in [2.45, 2.75) is 12.5 Å². The topological polar surface area (TPSA) is 67.3 Å². The van der Waals surface area contributed by atoms with Crippen LogP contribution in [0.15, 0.2) is 36.7 Å². The fraction of sp³-hybridized carbons (Fsp3) is 0.286. The van der Waals surface area contributed by atoms with Crippen LogP contribution < -0.4 is 10.1 Å². The van der Waals surface area contributed by atoms with Gasteiger partial charge in [0.05, 0.1) is 18.0 Å². The lowest BCUT2D eigenvalue weighted by Gasteiger charge is -2.11. The molecule has 2 heterocycles. The van der Waals surface area contributed by atoms with Crippen LogP contribution in [0.3, 0.4) is 0 Å². The van der Waals surface area contributed by atoms with Gasteiger partial charge in [-0.25, -0.2) is 9.97 Å². The van der Waals surface area contributed by atoms with Gasteiger partial charge in [-0.15, -0.1) is 0 Å². The Morgan fingerprint density at radius 1 is 1.21 bits per heavy atom. The molecule has 1 aliphatic heterocycles. The predicted molar refractivity (Wildman–Crippen MR) is 71.0 cm³/mol. The van der Waals surface area contributed by atoms with Crippen LogP contribution in [-0.4, -0.2) is 34.3 Å². The van der Waals surface area contributed by atoms with Gasteiger partial charge >= 0.3 is 0 Å². The van der Waals surface area contributed by atoms with Crippen molar-refractivity contribution in [2.75, 3.05) is 13.1 Å². The molecule has 0 radical (unpaired) electrons. The van der Waals surface area contributed by atoms with Crippen molar-refractivity contribution in [3.8, 4) is 22.9 Å². The van der Waals surface area contributed by atoms with Gasteiger partial charge in [0.25, 0.3) is 0 Å². The molecule has 5 heteroatoms. The summed E-state index contributed by atoms with van der Waals surface area (Å²) in [6, 6.07) is 7.01. The van der Waals surface area contributed by atoms with E-state index in [0.29, 0.717) is 17.1 Å². The Balaban J connectivity index is 1.77. The summed E-state index contributed by atoms with van der Waals surface area (Å²) in [5.41, 5.74) is 0.622. The molecule has 19 heavy (non-hydrogen) atoms. The number of nitrogens with one attached hydrogen (secondary N) is 1. The fourth-order valence-electron chi connectivity index (χ4n) is 2.10. The van der Waals surface area contributed by atoms with E-state index in [-0.39, 0.29) is 11.9 Å². The Bertz CT molecular complexity index is 551. The van der Waals surface area contributed by atoms with Crippen molar-refractivity contribution in [1.82, 2.24) is 15.3 Å². The molecule has 98 valence electrons. The van der Waals surface area contributed by atoms with Gasteiger partial charge in [-0.1, -0.05) is 12.1 Å². The molecular weight excluding hydrogens is 242 g/mol. The summed E-state index contributed by atoms with van der Waals surface area (Å²) < 4.78 is 5.75. The zero-order valence-corrected chi connectivity index (χ0v) is 10.4. The summed E-state index contributed by atoms with van der Waals surface area (Å²) >= 11 is 0. The number of benzene rings is 1. The first-order valence-electron chi connectivity index (χ1n) is 6.31. The Kier molecular flexibility index (Phi) is 3.29. The maximum Gasteiger partial charge on any atom is 0.163 e. The van der Waals surface area contributed by atoms with Crippen LogP contribution in [0.2, 0.25) is 0 Å². The Morgan fingerprint density at radius 2 is 2.00 bits per heavy atom. The first-order chi connectivity index (χ1) is 9.33. The van der Waals surface area contributed by atoms with E-state index in [1.165, 1.54) is 0 Å². The minimum absolute atomic E-state index is 0.177. The molecule has 0 amide bonds. The highest BCUT2D eigenvalue weighted by atomic mass is 16.5. The SMILES string of the molecule is Oc1ccccc1-c1ncc(OC2CCNC2)cn1. The Labute approximate surface area is 111 Å². The van der Waals surface area contributed by atoms with Crippen LogP contribution in [0.4, 0.5) is 0 Å². The van der Waals surface area contributed by atoms with Crippen molar-refractivity contribution in [3.63, 3.8) is 0 Å². The number of para-hydroxylation sites is 1. The van der Waals surface area contributed by atoms with Gasteiger partial charge in [0, 0.05) is 6.54 Å². The summed E-state index contributed by atoms with van der Waals surface area (Å²) in [5, 5.41) is 13.0. The first kappa shape index (κ1) is 11.9. The third-order valence-corrected chi connectivity index (χ3v) is 3.09. The number of ether oxygens (including phenoxy) is 1. The zero-order chi connectivity index (χ0) is 13.1. The van der Waals surface area contributed by atoms with Gasteiger partial charge in [0.2, 0.25) is 0 Å². The van der Waals surface area contributed by atoms with Crippen molar-refractivity contribution >= 4 is 0 Å². The Hall–Kier alpha value is -2.14. The van der Waals surface area contributed by atoms with Crippen molar-refractivity contribution in [2.24, 2.45) is 0 Å². The summed E-state index contributed by atoms with van der Waals surface area (Å²) in [7, 11) is 0. The van der Waals surface area contributed by atoms with E-state index < -0.39 is 0 Å². The number of aromatic hydroxyl groups is 1. The number of hydrogen-bond acceptors (Lipinski definition) is 5. The molecule has 0 spiro atoms. The van der Waals surface area contributed by atoms with Crippen LogP contribution in [0, 0.1) is 0 Å². The molecule has 0 aliphatic carbocycles. The van der Waals surface area contributed by atoms with E-state index in [0.717, 1.165) is 19.5 Å². The van der Waals surface area contributed by atoms with Gasteiger partial charge in [0.15, 0.2) is 11.6 Å². The number of phenolic OH excluding ortho intramolecular Hbond substituents is 1. The standard InChI is InChI=1S/C14H15N3O2/c18-13-4-2-1-3-12(13)14-16-8-11(9-17-14)19-10-5-6-15-7-10/h1-4,8-10,15,18H,5-7H2. The van der Waals surface area contributed by atoms with E-state index in [1.807, 2.05) is 6.07 Å². The molecule has 1 saturated heterocycles. The number of hydrogen-bond donors (Lipinski definition) is 2. The van der Waals surface area contributed by atoms with Crippen LogP contribution >= 0.6 is 0 Å². The molecule has 2 N–H and O–H groups in total. The molecule has 1 aliphatic rings. The van der Waals surface area contributed by atoms with Crippen LogP contribution in [0.25, 0.3) is 11.4 Å². The molecule has 1 fully saturated rings. The van der Waals surface area contributed by atoms with Gasteiger partial charge in [-0.2, -0.15) is 0 Å². The predicted octanol–water partition coefficient (Wildman–Crippen LogP) is 1.59. The highest BCUT2D eigenvalue weighted by Gasteiger charge is 2.16. The third kappa shape index (κ3) is 2.66. The fourth-order valence-corrected chi connectivity index (χ4v) is 2.10. The summed E-state index contributed by atoms with van der Waals surface area (Å²) in [4.78, 5) is 8.47. The molecule has 0 bridgehead atoms. The Morgan fingerprint density at radius 3 is 2.68 bits per heavy atom. The molecule has 5 nitrogen and oxygen atoms in total. The number of nitrogens with zero attached hydrogens (tertiary/aromatic N) is 2. The first-order valence-corrected chi connectivity index (χ1v) is 6.31. The lowest BCUT2D eigenvalue weighted by atomic mass is 10.2. The maximum atomic E-state index is 9.74. The summed E-state index contributed by atoms with van der Waals surface area (Å²) in [5.74, 6) is 1.33. The molecule has 1 unspecified atom stereocenters. The molecule has 1 aromatic carbocycles. The largest absolute Gasteiger partial charge is 0.507 e. The maximum absolute atomic E-state index is 9.74. The molecule has 1 aromatic heterocycles. The normalized spacial score (nSPS) is 18.4. The van der Waals surface area contributed by atoms with Crippen LogP contribution in [0.5, 0.6) is 11.5 Å². The van der Waals surface area contributed by atoms with E-state index >= 15 is 0 Å². The van der Waals surface area contributed by atoms with Crippen LogP contribution in [-0.2, 0) is 0 Å². The molecule has 0 saturated carbocycles. The highest BCUT2D eigenvalue weighted by Crippen LogP contribution is 2.26. The van der Waals surface area contributed by atoms with Crippen molar-refractivity contribution in [1.29, 1.82) is 0 Å². The van der Waals surface area contributed by atoms with E-state index in [1.54, 1.807) is 30.6 Å². The van der Waals surface area contributed by atoms with Gasteiger partial charge < -0.3 is 15.2 Å². The molecular formula is C14H15N3O2. The zero-order valence-electron chi connectivity index (χ0n) is 10.4. The summed E-state index contributed by atoms with van der Waals surface area (Å²) in [6.45, 7) is 1.85. The van der Waals surface area contributed by atoms with E-state index in [2.05, 4.69) is 15.3 Å². The van der Waals surface area contributed by atoms with E-state index in [4.69, 9.17) is 4.74 Å². The average molecular weight is 257 g/mol. The number of phenols is 1. The lowest BCUT2D eigenvalue weighted by molar-refractivity contribution is 0.221. The highest BCUT2D eigenvalue weighted by molar-refractivity contribution is 5.63. The number of aromatic nitrogens is 2. The van der Waals surface area contributed by atoms with Gasteiger partial charge in [-0.3, -0.25) is 0 Å². The average Bonchev–Trinajstić information content (AvgIpc) is 2.93. The van der Waals surface area contributed by atoms with Gasteiger partial charge in [0.1, 0.15) is 11.9 Å².